The van der Waals surface area contributed by atoms with Gasteiger partial charge in [0.05, 0.1) is 24.5 Å². The lowest BCUT2D eigenvalue weighted by Crippen LogP contribution is -2.43. The molecule has 0 unspecified atom stereocenters. The highest BCUT2D eigenvalue weighted by molar-refractivity contribution is 6.31. The molecule has 6 nitrogen and oxygen atoms in total. The summed E-state index contributed by atoms with van der Waals surface area (Å²) in [7, 11) is 0. The molecule has 1 aromatic carbocycles. The van der Waals surface area contributed by atoms with E-state index in [0.717, 1.165) is 5.69 Å². The Bertz CT molecular complexity index is 737. The van der Waals surface area contributed by atoms with Crippen LogP contribution in [0, 0.1) is 0 Å². The second-order valence-corrected chi connectivity index (χ2v) is 5.48. The molecule has 1 amide bonds. The van der Waals surface area contributed by atoms with Crippen molar-refractivity contribution in [3.63, 3.8) is 0 Å². The summed E-state index contributed by atoms with van der Waals surface area (Å²) in [6.45, 7) is 0.375. The van der Waals surface area contributed by atoms with E-state index in [1.54, 1.807) is 29.3 Å². The van der Waals surface area contributed by atoms with Crippen LogP contribution in [0.5, 0.6) is 5.75 Å². The minimum Gasteiger partial charge on any atom is -0.423 e. The number of aromatic nitrogens is 1. The monoisotopic (exact) mass is 331 g/mol. The third kappa shape index (κ3) is 3.78. The predicted molar refractivity (Wildman–Crippen MR) is 85.4 cm³/mol. The second kappa shape index (κ2) is 6.66. The zero-order valence-electron chi connectivity index (χ0n) is 12.2. The van der Waals surface area contributed by atoms with Gasteiger partial charge in [-0.25, -0.2) is 4.79 Å². The van der Waals surface area contributed by atoms with Crippen molar-refractivity contribution in [3.05, 3.63) is 53.3 Å². The number of hydrogen-bond acceptors (Lipinski definition) is 5. The van der Waals surface area contributed by atoms with Crippen molar-refractivity contribution >= 4 is 29.2 Å². The van der Waals surface area contributed by atoms with Crippen molar-refractivity contribution in [2.75, 3.05) is 18.0 Å². The lowest BCUT2D eigenvalue weighted by atomic mass is 10.2. The molecule has 2 aromatic rings. The molecule has 0 radical (unpaired) electrons. The molecule has 0 saturated carbocycles. The number of carbonyl (C=O) groups excluding carboxylic acids is 2. The number of fused-ring (bicyclic) bond motifs is 1. The minimum atomic E-state index is -0.405. The van der Waals surface area contributed by atoms with Crippen LogP contribution in [0.3, 0.4) is 0 Å². The predicted octanol–water partition coefficient (Wildman–Crippen LogP) is 1.78. The highest BCUT2D eigenvalue weighted by atomic mass is 35.5. The Morgan fingerprint density at radius 2 is 2.22 bits per heavy atom. The Morgan fingerprint density at radius 3 is 3.00 bits per heavy atom. The van der Waals surface area contributed by atoms with Crippen LogP contribution in [0.4, 0.5) is 5.69 Å². The van der Waals surface area contributed by atoms with E-state index in [0.29, 0.717) is 23.0 Å². The van der Waals surface area contributed by atoms with Gasteiger partial charge < -0.3 is 15.0 Å². The fourth-order valence-corrected chi connectivity index (χ4v) is 2.45. The van der Waals surface area contributed by atoms with E-state index in [1.165, 1.54) is 0 Å². The number of benzene rings is 1. The molecular weight excluding hydrogens is 318 g/mol. The molecule has 0 bridgehead atoms. The van der Waals surface area contributed by atoms with E-state index in [9.17, 15) is 9.59 Å². The van der Waals surface area contributed by atoms with Crippen molar-refractivity contribution in [2.45, 2.75) is 6.54 Å². The maximum atomic E-state index is 12.1. The molecule has 7 heteroatoms. The number of nitrogens with one attached hydrogen (secondary N) is 1. The standard InChI is InChI=1S/C16H14ClN3O3/c17-11-4-5-14-13(7-11)20(10-16(22)23-14)9-15(21)19-8-12-3-1-2-6-18-12/h1-7H,8-10H2,(H,19,21). The van der Waals surface area contributed by atoms with Crippen LogP contribution in [-0.2, 0) is 16.1 Å². The van der Waals surface area contributed by atoms with Crippen molar-refractivity contribution < 1.29 is 14.3 Å². The smallest absolute Gasteiger partial charge is 0.331 e. The molecular formula is C16H14ClN3O3. The van der Waals surface area contributed by atoms with E-state index in [1.807, 2.05) is 18.2 Å². The van der Waals surface area contributed by atoms with Crippen molar-refractivity contribution in [2.24, 2.45) is 0 Å². The first-order chi connectivity index (χ1) is 11.1. The summed E-state index contributed by atoms with van der Waals surface area (Å²) in [5.41, 5.74) is 1.40. The maximum absolute atomic E-state index is 12.1. The van der Waals surface area contributed by atoms with E-state index in [2.05, 4.69) is 10.3 Å². The Labute approximate surface area is 138 Å². The molecule has 0 spiro atoms. The summed E-state index contributed by atoms with van der Waals surface area (Å²) in [6, 6.07) is 10.4. The molecule has 0 fully saturated rings. The third-order valence-electron chi connectivity index (χ3n) is 3.33. The highest BCUT2D eigenvalue weighted by Gasteiger charge is 2.25. The Hall–Kier alpha value is -2.60. The van der Waals surface area contributed by atoms with Gasteiger partial charge in [0.2, 0.25) is 5.91 Å². The van der Waals surface area contributed by atoms with Gasteiger partial charge in [0.1, 0.15) is 6.54 Å². The molecule has 0 saturated heterocycles. The molecule has 23 heavy (non-hydrogen) atoms. The van der Waals surface area contributed by atoms with Crippen LogP contribution in [0.2, 0.25) is 5.02 Å². The molecule has 1 aromatic heterocycles. The summed E-state index contributed by atoms with van der Waals surface area (Å²) in [5.74, 6) is -0.211. The van der Waals surface area contributed by atoms with Gasteiger partial charge >= 0.3 is 5.97 Å². The molecule has 1 aliphatic heterocycles. The van der Waals surface area contributed by atoms with Crippen molar-refractivity contribution in [1.29, 1.82) is 0 Å². The van der Waals surface area contributed by atoms with Crippen molar-refractivity contribution in [3.8, 4) is 5.75 Å². The van der Waals surface area contributed by atoms with Crippen LogP contribution in [0.15, 0.2) is 42.6 Å². The average molecular weight is 332 g/mol. The number of anilines is 1. The number of halogens is 1. The van der Waals surface area contributed by atoms with Crippen LogP contribution >= 0.6 is 11.6 Å². The SMILES string of the molecule is O=C(CN1CC(=O)Oc2ccc(Cl)cc21)NCc1ccccn1. The molecule has 1 aliphatic rings. The fourth-order valence-electron chi connectivity index (χ4n) is 2.28. The number of nitrogens with zero attached hydrogens (tertiary/aromatic N) is 2. The quantitative estimate of drug-likeness (QED) is 0.683. The Kier molecular flexibility index (Phi) is 4.43. The van der Waals surface area contributed by atoms with E-state index < -0.39 is 5.97 Å². The third-order valence-corrected chi connectivity index (χ3v) is 3.57. The summed E-state index contributed by atoms with van der Waals surface area (Å²) >= 11 is 5.98. The number of carbonyl (C=O) groups is 2. The molecule has 0 atom stereocenters. The summed E-state index contributed by atoms with van der Waals surface area (Å²) in [5, 5.41) is 3.29. The zero-order valence-corrected chi connectivity index (χ0v) is 12.9. The van der Waals surface area contributed by atoms with E-state index in [-0.39, 0.29) is 19.0 Å². The lowest BCUT2D eigenvalue weighted by Gasteiger charge is -2.29. The van der Waals surface area contributed by atoms with E-state index in [4.69, 9.17) is 16.3 Å². The molecule has 3 rings (SSSR count). The molecule has 0 aliphatic carbocycles. The first-order valence-corrected chi connectivity index (χ1v) is 7.41. The summed E-state index contributed by atoms with van der Waals surface area (Å²) < 4.78 is 5.15. The summed E-state index contributed by atoms with van der Waals surface area (Å²) in [4.78, 5) is 29.5. The number of amides is 1. The van der Waals surface area contributed by atoms with Gasteiger partial charge in [0.25, 0.3) is 0 Å². The number of pyridine rings is 1. The van der Waals surface area contributed by atoms with Gasteiger partial charge in [-0.05, 0) is 30.3 Å². The zero-order chi connectivity index (χ0) is 16.2. The molecule has 1 N–H and O–H groups in total. The van der Waals surface area contributed by atoms with Gasteiger partial charge in [-0.2, -0.15) is 0 Å². The first kappa shape index (κ1) is 15.3. The van der Waals surface area contributed by atoms with Crippen LogP contribution in [-0.4, -0.2) is 29.9 Å². The van der Waals surface area contributed by atoms with Gasteiger partial charge in [-0.1, -0.05) is 17.7 Å². The normalized spacial score (nSPS) is 13.3. The largest absolute Gasteiger partial charge is 0.423 e. The summed E-state index contributed by atoms with van der Waals surface area (Å²) in [6.07, 6.45) is 1.67. The second-order valence-electron chi connectivity index (χ2n) is 5.04. The molecule has 118 valence electrons. The van der Waals surface area contributed by atoms with Gasteiger partial charge in [-0.15, -0.1) is 0 Å². The number of hydrogen-bond donors (Lipinski definition) is 1. The molecule has 2 heterocycles. The fraction of sp³-hybridized carbons (Fsp3) is 0.188. The minimum absolute atomic E-state index is 0.00431. The first-order valence-electron chi connectivity index (χ1n) is 7.03. The van der Waals surface area contributed by atoms with Crippen LogP contribution in [0.1, 0.15) is 5.69 Å². The van der Waals surface area contributed by atoms with Gasteiger partial charge in [-0.3, -0.25) is 9.78 Å². The van der Waals surface area contributed by atoms with Crippen molar-refractivity contribution in [1.82, 2.24) is 10.3 Å². The Balaban J connectivity index is 1.67. The topological polar surface area (TPSA) is 71.5 Å². The Morgan fingerprint density at radius 1 is 1.35 bits per heavy atom. The van der Waals surface area contributed by atoms with Gasteiger partial charge in [0, 0.05) is 11.2 Å². The van der Waals surface area contributed by atoms with Crippen LogP contribution < -0.4 is 15.0 Å². The number of ether oxygens (including phenoxy) is 1. The van der Waals surface area contributed by atoms with E-state index >= 15 is 0 Å². The average Bonchev–Trinajstić information content (AvgIpc) is 2.54. The maximum Gasteiger partial charge on any atom is 0.331 e. The van der Waals surface area contributed by atoms with Gasteiger partial charge in [0.15, 0.2) is 5.75 Å². The lowest BCUT2D eigenvalue weighted by molar-refractivity contribution is -0.133. The highest BCUT2D eigenvalue weighted by Crippen LogP contribution is 2.34. The number of rotatable bonds is 4. The van der Waals surface area contributed by atoms with Crippen LogP contribution in [0.25, 0.3) is 0 Å². The number of esters is 1.